The highest BCUT2D eigenvalue weighted by Gasteiger charge is 2.24. The zero-order valence-corrected chi connectivity index (χ0v) is 15.5. The van der Waals surface area contributed by atoms with Crippen LogP contribution in [0, 0.1) is 18.3 Å². The minimum atomic E-state index is -0.626. The second-order valence-corrected chi connectivity index (χ2v) is 6.81. The predicted octanol–water partition coefficient (Wildman–Crippen LogP) is 3.24. The Morgan fingerprint density at radius 3 is 2.96 bits per heavy atom. The number of rotatable bonds is 5. The summed E-state index contributed by atoms with van der Waals surface area (Å²) >= 11 is 0. The van der Waals surface area contributed by atoms with Crippen molar-refractivity contribution in [3.8, 4) is 6.07 Å². The number of hydrogen-bond donors (Lipinski definition) is 0. The summed E-state index contributed by atoms with van der Waals surface area (Å²) in [6.45, 7) is 3.46. The van der Waals surface area contributed by atoms with Gasteiger partial charge in [-0.3, -0.25) is 0 Å². The van der Waals surface area contributed by atoms with E-state index in [9.17, 15) is 10.1 Å². The number of pyridine rings is 1. The first kappa shape index (κ1) is 18.0. The number of nitriles is 1. The first-order chi connectivity index (χ1) is 13.6. The Labute approximate surface area is 162 Å². The van der Waals surface area contributed by atoms with Crippen LogP contribution < -0.4 is 0 Å². The standard InChI is InChI=1S/C22H19N3O3/c1-15-4-2-5-16(8-15)11-25-12-18(20-6-3-7-24-21(20)25)9-17(10-23)22(26)28-19-13-27-14-19/h2-9,12,19H,11,13-14H2,1H3/b17-9+. The maximum Gasteiger partial charge on any atom is 0.349 e. The predicted molar refractivity (Wildman–Crippen MR) is 104 cm³/mol. The van der Waals surface area contributed by atoms with Crippen molar-refractivity contribution in [3.05, 3.63) is 71.1 Å². The molecule has 6 nitrogen and oxygen atoms in total. The maximum atomic E-state index is 12.3. The third kappa shape index (κ3) is 3.66. The third-order valence-electron chi connectivity index (χ3n) is 4.62. The van der Waals surface area contributed by atoms with E-state index in [2.05, 4.69) is 30.1 Å². The fourth-order valence-electron chi connectivity index (χ4n) is 3.18. The van der Waals surface area contributed by atoms with Gasteiger partial charge in [-0.2, -0.15) is 5.26 Å². The average Bonchev–Trinajstić information content (AvgIpc) is 3.00. The van der Waals surface area contributed by atoms with Gasteiger partial charge in [-0.05, 0) is 30.7 Å². The Morgan fingerprint density at radius 2 is 2.25 bits per heavy atom. The number of aryl methyl sites for hydroxylation is 1. The van der Waals surface area contributed by atoms with Crippen molar-refractivity contribution < 1.29 is 14.3 Å². The highest BCUT2D eigenvalue weighted by molar-refractivity contribution is 6.00. The molecule has 0 aliphatic carbocycles. The number of fused-ring (bicyclic) bond motifs is 1. The molecule has 1 aliphatic heterocycles. The number of ether oxygens (including phenoxy) is 2. The van der Waals surface area contributed by atoms with Crippen LogP contribution in [-0.2, 0) is 20.8 Å². The van der Waals surface area contributed by atoms with Crippen LogP contribution in [0.15, 0.2) is 54.4 Å². The Morgan fingerprint density at radius 1 is 1.39 bits per heavy atom. The lowest BCUT2D eigenvalue weighted by molar-refractivity contribution is -0.167. The van der Waals surface area contributed by atoms with Gasteiger partial charge in [0.25, 0.3) is 0 Å². The molecule has 2 aromatic heterocycles. The van der Waals surface area contributed by atoms with Gasteiger partial charge < -0.3 is 14.0 Å². The van der Waals surface area contributed by atoms with Gasteiger partial charge in [0.15, 0.2) is 0 Å². The van der Waals surface area contributed by atoms with Crippen molar-refractivity contribution in [3.63, 3.8) is 0 Å². The second-order valence-electron chi connectivity index (χ2n) is 6.81. The summed E-state index contributed by atoms with van der Waals surface area (Å²) in [6, 6.07) is 14.0. The van der Waals surface area contributed by atoms with E-state index in [-0.39, 0.29) is 11.7 Å². The van der Waals surface area contributed by atoms with Crippen LogP contribution in [0.25, 0.3) is 17.1 Å². The van der Waals surface area contributed by atoms with Crippen LogP contribution in [-0.4, -0.2) is 34.8 Å². The summed E-state index contributed by atoms with van der Waals surface area (Å²) < 4.78 is 12.3. The SMILES string of the molecule is Cc1cccc(Cn2cc(/C=C(\C#N)C(=O)OC3COC3)c3cccnc32)c1. The lowest BCUT2D eigenvalue weighted by Crippen LogP contribution is -2.38. The maximum absolute atomic E-state index is 12.3. The van der Waals surface area contributed by atoms with Gasteiger partial charge in [0, 0.05) is 29.9 Å². The quantitative estimate of drug-likeness (QED) is 0.390. The molecule has 0 N–H and O–H groups in total. The Balaban J connectivity index is 1.69. The van der Waals surface area contributed by atoms with Gasteiger partial charge >= 0.3 is 5.97 Å². The van der Waals surface area contributed by atoms with Crippen molar-refractivity contribution in [1.29, 1.82) is 5.26 Å². The molecule has 4 rings (SSSR count). The summed E-state index contributed by atoms with van der Waals surface area (Å²) in [5.74, 6) is -0.626. The monoisotopic (exact) mass is 373 g/mol. The van der Waals surface area contributed by atoms with E-state index in [1.54, 1.807) is 12.3 Å². The number of benzene rings is 1. The van der Waals surface area contributed by atoms with Gasteiger partial charge in [-0.15, -0.1) is 0 Å². The normalized spacial score (nSPS) is 14.5. The number of nitrogens with zero attached hydrogens (tertiary/aromatic N) is 3. The number of carbonyl (C=O) groups excluding carboxylic acids is 1. The first-order valence-electron chi connectivity index (χ1n) is 9.04. The molecule has 0 saturated carbocycles. The lowest BCUT2D eigenvalue weighted by atomic mass is 10.1. The van der Waals surface area contributed by atoms with Gasteiger partial charge in [-0.25, -0.2) is 9.78 Å². The molecule has 1 saturated heterocycles. The topological polar surface area (TPSA) is 77.1 Å². The lowest BCUT2D eigenvalue weighted by Gasteiger charge is -2.25. The largest absolute Gasteiger partial charge is 0.453 e. The third-order valence-corrected chi connectivity index (χ3v) is 4.62. The van der Waals surface area contributed by atoms with Crippen LogP contribution >= 0.6 is 0 Å². The number of aromatic nitrogens is 2. The fraction of sp³-hybridized carbons (Fsp3) is 0.227. The first-order valence-corrected chi connectivity index (χ1v) is 9.04. The minimum Gasteiger partial charge on any atom is -0.453 e. The van der Waals surface area contributed by atoms with Gasteiger partial charge in [-0.1, -0.05) is 29.8 Å². The Kier molecular flexibility index (Phi) is 4.92. The molecular weight excluding hydrogens is 354 g/mol. The van der Waals surface area contributed by atoms with Crippen LogP contribution in [0.4, 0.5) is 0 Å². The highest BCUT2D eigenvalue weighted by atomic mass is 16.6. The molecule has 3 heterocycles. The van der Waals surface area contributed by atoms with Gasteiger partial charge in [0.2, 0.25) is 0 Å². The molecule has 0 amide bonds. The van der Waals surface area contributed by atoms with Crippen LogP contribution in [0.5, 0.6) is 0 Å². The van der Waals surface area contributed by atoms with Crippen molar-refractivity contribution >= 4 is 23.1 Å². The molecule has 6 heteroatoms. The minimum absolute atomic E-state index is 0.0367. The molecule has 1 aliphatic rings. The molecule has 28 heavy (non-hydrogen) atoms. The molecule has 0 radical (unpaired) electrons. The van der Waals surface area contributed by atoms with Crippen LogP contribution in [0.1, 0.15) is 16.7 Å². The fourth-order valence-corrected chi connectivity index (χ4v) is 3.18. The Hall–Kier alpha value is -3.43. The van der Waals surface area contributed by atoms with E-state index in [0.717, 1.165) is 22.2 Å². The molecular formula is C22H19N3O3. The van der Waals surface area contributed by atoms with Crippen molar-refractivity contribution in [2.75, 3.05) is 13.2 Å². The van der Waals surface area contributed by atoms with Crippen LogP contribution in [0.3, 0.4) is 0 Å². The summed E-state index contributed by atoms with van der Waals surface area (Å²) in [4.78, 5) is 16.7. The van der Waals surface area contributed by atoms with Gasteiger partial charge in [0.05, 0.1) is 13.2 Å². The van der Waals surface area contributed by atoms with E-state index >= 15 is 0 Å². The molecule has 0 atom stereocenters. The van der Waals surface area contributed by atoms with Crippen LogP contribution in [0.2, 0.25) is 0 Å². The second kappa shape index (κ2) is 7.67. The van der Waals surface area contributed by atoms with E-state index in [1.807, 2.05) is 35.0 Å². The van der Waals surface area contributed by atoms with E-state index in [4.69, 9.17) is 9.47 Å². The molecule has 140 valence electrons. The van der Waals surface area contributed by atoms with E-state index in [0.29, 0.717) is 19.8 Å². The van der Waals surface area contributed by atoms with E-state index < -0.39 is 5.97 Å². The molecule has 0 spiro atoms. The molecule has 3 aromatic rings. The molecule has 0 unspecified atom stereocenters. The summed E-state index contributed by atoms with van der Waals surface area (Å²) in [5, 5.41) is 10.3. The zero-order valence-electron chi connectivity index (χ0n) is 15.5. The molecule has 0 bridgehead atoms. The highest BCUT2D eigenvalue weighted by Crippen LogP contribution is 2.23. The summed E-state index contributed by atoms with van der Waals surface area (Å²) in [7, 11) is 0. The molecule has 1 fully saturated rings. The van der Waals surface area contributed by atoms with Crippen molar-refractivity contribution in [2.45, 2.75) is 19.6 Å². The smallest absolute Gasteiger partial charge is 0.349 e. The summed E-state index contributed by atoms with van der Waals surface area (Å²) in [5.41, 5.74) is 3.87. The molecule has 1 aromatic carbocycles. The summed E-state index contributed by atoms with van der Waals surface area (Å²) in [6.07, 6.45) is 4.95. The van der Waals surface area contributed by atoms with E-state index in [1.165, 1.54) is 5.56 Å². The number of esters is 1. The number of carbonyl (C=O) groups is 1. The number of hydrogen-bond acceptors (Lipinski definition) is 5. The zero-order chi connectivity index (χ0) is 19.5. The van der Waals surface area contributed by atoms with Crippen molar-refractivity contribution in [2.24, 2.45) is 0 Å². The average molecular weight is 373 g/mol. The Bertz CT molecular complexity index is 1100. The van der Waals surface area contributed by atoms with Gasteiger partial charge in [0.1, 0.15) is 23.4 Å². The van der Waals surface area contributed by atoms with Crippen molar-refractivity contribution in [1.82, 2.24) is 9.55 Å².